The Morgan fingerprint density at radius 2 is 1.71 bits per heavy atom. The van der Waals surface area contributed by atoms with Crippen molar-refractivity contribution in [3.8, 4) is 0 Å². The van der Waals surface area contributed by atoms with Crippen molar-refractivity contribution < 1.29 is 22.5 Å². The number of aliphatic hydroxyl groups excluding tert-OH is 1. The minimum absolute atomic E-state index is 0.0470. The number of nitrogens with one attached hydrogen (secondary N) is 1. The number of sulfonamides is 1. The Labute approximate surface area is 188 Å². The number of thiophene rings is 1. The molecule has 0 aliphatic rings. The minimum Gasteiger partial charge on any atom is -0.396 e. The summed E-state index contributed by atoms with van der Waals surface area (Å²) in [4.78, 5) is 13.4. The van der Waals surface area contributed by atoms with Crippen LogP contribution in [0, 0.1) is 0 Å². The third-order valence-electron chi connectivity index (χ3n) is 4.88. The number of hydrogen-bond donors (Lipinski definition) is 2. The first-order valence-electron chi connectivity index (χ1n) is 9.48. The summed E-state index contributed by atoms with van der Waals surface area (Å²) in [6, 6.07) is 16.7. The molecule has 6 nitrogen and oxygen atoms in total. The van der Waals surface area contributed by atoms with Gasteiger partial charge >= 0.3 is 0 Å². The summed E-state index contributed by atoms with van der Waals surface area (Å²) >= 11 is 0.909. The fraction of sp³-hybridized carbons (Fsp3) is 0.227. The summed E-state index contributed by atoms with van der Waals surface area (Å²) in [5.74, 6) is -0.745. The van der Waals surface area contributed by atoms with Crippen molar-refractivity contribution in [3.05, 3.63) is 77.2 Å². The van der Waals surface area contributed by atoms with Gasteiger partial charge in [-0.2, -0.15) is 0 Å². The van der Waals surface area contributed by atoms with Crippen molar-refractivity contribution in [1.82, 2.24) is 4.72 Å². The molecule has 1 heterocycles. The lowest BCUT2D eigenvalue weighted by molar-refractivity contribution is 0.0981. The average molecular weight is 478 g/mol. The molecule has 0 fully saturated rings. The largest absolute Gasteiger partial charge is 0.396 e. The fourth-order valence-electron chi connectivity index (χ4n) is 2.95. The Bertz CT molecular complexity index is 1180. The molecule has 3 rings (SSSR count). The zero-order valence-corrected chi connectivity index (χ0v) is 19.5. The zero-order valence-electron chi connectivity index (χ0n) is 17.1. The van der Waals surface area contributed by atoms with Crippen LogP contribution in [0.25, 0.3) is 0 Å². The molecule has 31 heavy (non-hydrogen) atoms. The molecule has 0 aliphatic carbocycles. The number of rotatable bonds is 8. The van der Waals surface area contributed by atoms with Crippen molar-refractivity contribution in [1.29, 1.82) is 0 Å². The molecular weight excluding hydrogens is 454 g/mol. The third-order valence-corrected chi connectivity index (χ3v) is 9.16. The second-order valence-electron chi connectivity index (χ2n) is 7.55. The number of carbonyl (C=O) groups is 1. The van der Waals surface area contributed by atoms with Gasteiger partial charge < -0.3 is 5.11 Å². The van der Waals surface area contributed by atoms with Crippen LogP contribution >= 0.6 is 11.3 Å². The summed E-state index contributed by atoms with van der Waals surface area (Å²) < 4.78 is 39.9. The monoisotopic (exact) mass is 477 g/mol. The quantitative estimate of drug-likeness (QED) is 0.515. The molecule has 0 aliphatic heterocycles. The maximum atomic E-state index is 12.7. The van der Waals surface area contributed by atoms with E-state index in [4.69, 9.17) is 0 Å². The van der Waals surface area contributed by atoms with Gasteiger partial charge in [0.25, 0.3) is 15.9 Å². The van der Waals surface area contributed by atoms with Gasteiger partial charge in [-0.3, -0.25) is 4.79 Å². The van der Waals surface area contributed by atoms with Gasteiger partial charge in [-0.15, -0.1) is 11.3 Å². The Balaban J connectivity index is 1.74. The fourth-order valence-corrected chi connectivity index (χ4v) is 6.51. The summed E-state index contributed by atoms with van der Waals surface area (Å²) in [5, 5.41) is 10.7. The van der Waals surface area contributed by atoms with Crippen LogP contribution in [-0.4, -0.2) is 30.2 Å². The molecule has 0 saturated carbocycles. The highest BCUT2D eigenvalue weighted by Gasteiger charge is 2.24. The van der Waals surface area contributed by atoms with Gasteiger partial charge in [-0.1, -0.05) is 44.2 Å². The van der Waals surface area contributed by atoms with Gasteiger partial charge in [0.05, 0.1) is 15.7 Å². The Kier molecular flexibility index (Phi) is 7.10. The van der Waals surface area contributed by atoms with Gasteiger partial charge in [-0.25, -0.2) is 17.3 Å². The average Bonchev–Trinajstić information content (AvgIpc) is 3.25. The van der Waals surface area contributed by atoms with Crippen LogP contribution in [-0.2, 0) is 26.2 Å². The van der Waals surface area contributed by atoms with Gasteiger partial charge in [0, 0.05) is 22.4 Å². The lowest BCUT2D eigenvalue weighted by Crippen LogP contribution is -2.30. The number of aliphatic hydroxyl groups is 1. The van der Waals surface area contributed by atoms with Crippen LogP contribution in [0.5, 0.6) is 0 Å². The van der Waals surface area contributed by atoms with E-state index < -0.39 is 26.7 Å². The van der Waals surface area contributed by atoms with Crippen LogP contribution in [0.1, 0.15) is 36.2 Å². The summed E-state index contributed by atoms with van der Waals surface area (Å²) in [5.41, 5.74) is 0.876. The molecule has 0 spiro atoms. The van der Waals surface area contributed by atoms with Gasteiger partial charge in [0.15, 0.2) is 0 Å². The van der Waals surface area contributed by atoms with Crippen molar-refractivity contribution >= 4 is 38.1 Å². The van der Waals surface area contributed by atoms with Crippen LogP contribution in [0.15, 0.2) is 80.0 Å². The molecular formula is C22H23NO5S3. The molecule has 1 unspecified atom stereocenters. The molecule has 2 N–H and O–H groups in total. The number of hydrogen-bond acceptors (Lipinski definition) is 6. The van der Waals surface area contributed by atoms with E-state index in [0.29, 0.717) is 16.2 Å². The lowest BCUT2D eigenvalue weighted by Gasteiger charge is -2.24. The van der Waals surface area contributed by atoms with E-state index in [-0.39, 0.29) is 21.8 Å². The third kappa shape index (κ3) is 5.48. The summed E-state index contributed by atoms with van der Waals surface area (Å²) in [6.07, 6.45) is 0.567. The first-order valence-corrected chi connectivity index (χ1v) is 13.0. The molecule has 0 bridgehead atoms. The normalized spacial score (nSPS) is 13.0. The minimum atomic E-state index is -4.10. The van der Waals surface area contributed by atoms with E-state index in [1.807, 2.05) is 13.8 Å². The highest BCUT2D eigenvalue weighted by Crippen LogP contribution is 2.28. The van der Waals surface area contributed by atoms with E-state index in [9.17, 15) is 22.5 Å². The molecule has 9 heteroatoms. The smallest absolute Gasteiger partial charge is 0.273 e. The number of benzene rings is 2. The second kappa shape index (κ2) is 9.44. The van der Waals surface area contributed by atoms with E-state index in [0.717, 1.165) is 16.9 Å². The second-order valence-corrected chi connectivity index (χ2v) is 11.9. The van der Waals surface area contributed by atoms with Crippen molar-refractivity contribution in [2.24, 2.45) is 0 Å². The van der Waals surface area contributed by atoms with Gasteiger partial charge in [0.2, 0.25) is 0 Å². The highest BCUT2D eigenvalue weighted by atomic mass is 32.2. The Morgan fingerprint density at radius 1 is 1.06 bits per heavy atom. The van der Waals surface area contributed by atoms with Crippen LogP contribution in [0.2, 0.25) is 0 Å². The summed E-state index contributed by atoms with van der Waals surface area (Å²) in [7, 11) is -5.61. The summed E-state index contributed by atoms with van der Waals surface area (Å²) in [6.45, 7) is 4.01. The molecule has 164 valence electrons. The molecule has 1 amide bonds. The number of amides is 1. The molecule has 0 radical (unpaired) electrons. The predicted octanol–water partition coefficient (Wildman–Crippen LogP) is 3.69. The molecule has 2 aromatic carbocycles. The molecule has 0 saturated heterocycles. The maximum Gasteiger partial charge on any atom is 0.273 e. The molecule has 1 atom stereocenters. The van der Waals surface area contributed by atoms with E-state index >= 15 is 0 Å². The van der Waals surface area contributed by atoms with Crippen LogP contribution in [0.3, 0.4) is 0 Å². The first kappa shape index (κ1) is 23.3. The standard InChI is InChI=1S/C22H23NO5S3/c1-22(2,12-13-24)17-10-8-16(9-11-17)21(25)23-31(27,28)20-14-19(15-29-20)30(26)18-6-4-3-5-7-18/h3-11,14-15,24H,12-13H2,1-2H3,(H,23,25). The zero-order chi connectivity index (χ0) is 22.6. The van der Waals surface area contributed by atoms with Crippen molar-refractivity contribution in [3.63, 3.8) is 0 Å². The highest BCUT2D eigenvalue weighted by molar-refractivity contribution is 7.92. The van der Waals surface area contributed by atoms with Gasteiger partial charge in [-0.05, 0) is 47.7 Å². The Hall–Kier alpha value is -2.33. The van der Waals surface area contributed by atoms with E-state index in [1.54, 1.807) is 54.6 Å². The van der Waals surface area contributed by atoms with Crippen LogP contribution in [0.4, 0.5) is 0 Å². The maximum absolute atomic E-state index is 12.7. The topological polar surface area (TPSA) is 101 Å². The van der Waals surface area contributed by atoms with Crippen LogP contribution < -0.4 is 4.72 Å². The van der Waals surface area contributed by atoms with Crippen molar-refractivity contribution in [2.75, 3.05) is 6.61 Å². The Morgan fingerprint density at radius 3 is 2.32 bits per heavy atom. The lowest BCUT2D eigenvalue weighted by atomic mass is 9.81. The first-order chi connectivity index (χ1) is 14.6. The van der Waals surface area contributed by atoms with Crippen molar-refractivity contribution in [2.45, 2.75) is 39.7 Å². The van der Waals surface area contributed by atoms with E-state index in [1.165, 1.54) is 11.4 Å². The SMILES string of the molecule is CC(C)(CCO)c1ccc(C(=O)NS(=O)(=O)c2cc(S(=O)c3ccccc3)cs2)cc1. The van der Waals surface area contributed by atoms with Gasteiger partial charge in [0.1, 0.15) is 4.21 Å². The van der Waals surface area contributed by atoms with E-state index in [2.05, 4.69) is 4.72 Å². The number of carbonyl (C=O) groups excluding carboxylic acids is 1. The molecule has 1 aromatic heterocycles. The predicted molar refractivity (Wildman–Crippen MR) is 121 cm³/mol. The molecule has 3 aromatic rings.